The summed E-state index contributed by atoms with van der Waals surface area (Å²) in [6.45, 7) is 7.87. The standard InChI is InChI=1S/C16H23FN2O2/c1-4-21-14-9-12(17)5-6-13(14)19-15(20)16(11(2)3)7-8-18-10-16/h5-6,9,11,18H,4,7-8,10H2,1-3H3,(H,19,20). The van der Waals surface area contributed by atoms with E-state index in [1.54, 1.807) is 6.07 Å². The summed E-state index contributed by atoms with van der Waals surface area (Å²) < 4.78 is 18.7. The second kappa shape index (κ2) is 6.43. The van der Waals surface area contributed by atoms with Gasteiger partial charge in [-0.15, -0.1) is 0 Å². The minimum Gasteiger partial charge on any atom is -0.492 e. The zero-order valence-electron chi connectivity index (χ0n) is 12.8. The molecular formula is C16H23FN2O2. The number of hydrogen-bond donors (Lipinski definition) is 2. The van der Waals surface area contributed by atoms with Crippen LogP contribution in [0, 0.1) is 17.2 Å². The molecule has 1 atom stereocenters. The van der Waals surface area contributed by atoms with Crippen molar-refractivity contribution in [3.05, 3.63) is 24.0 Å². The molecule has 1 unspecified atom stereocenters. The number of nitrogens with one attached hydrogen (secondary N) is 2. The molecule has 116 valence electrons. The highest BCUT2D eigenvalue weighted by atomic mass is 19.1. The molecule has 1 saturated heterocycles. The highest BCUT2D eigenvalue weighted by Gasteiger charge is 2.44. The summed E-state index contributed by atoms with van der Waals surface area (Å²) in [5.41, 5.74) is 0.105. The minimum absolute atomic E-state index is 0.0324. The van der Waals surface area contributed by atoms with Gasteiger partial charge in [-0.3, -0.25) is 4.79 Å². The highest BCUT2D eigenvalue weighted by molar-refractivity contribution is 5.97. The maximum atomic E-state index is 13.3. The molecule has 5 heteroatoms. The summed E-state index contributed by atoms with van der Waals surface area (Å²) in [5.74, 6) is 0.187. The number of benzene rings is 1. The molecule has 1 aliphatic rings. The maximum Gasteiger partial charge on any atom is 0.232 e. The number of anilines is 1. The largest absolute Gasteiger partial charge is 0.492 e. The topological polar surface area (TPSA) is 50.4 Å². The molecule has 1 amide bonds. The second-order valence-corrected chi connectivity index (χ2v) is 5.77. The molecule has 0 radical (unpaired) electrons. The van der Waals surface area contributed by atoms with Gasteiger partial charge in [-0.2, -0.15) is 0 Å². The van der Waals surface area contributed by atoms with E-state index in [-0.39, 0.29) is 17.6 Å². The number of hydrogen-bond acceptors (Lipinski definition) is 3. The number of carbonyl (C=O) groups excluding carboxylic acids is 1. The number of carbonyl (C=O) groups is 1. The van der Waals surface area contributed by atoms with Crippen molar-refractivity contribution in [3.63, 3.8) is 0 Å². The third-order valence-corrected chi connectivity index (χ3v) is 4.24. The summed E-state index contributed by atoms with van der Waals surface area (Å²) in [4.78, 5) is 12.7. The minimum atomic E-state index is -0.419. The van der Waals surface area contributed by atoms with Crippen LogP contribution in [0.2, 0.25) is 0 Å². The Kier molecular flexibility index (Phi) is 4.83. The summed E-state index contributed by atoms with van der Waals surface area (Å²) in [6, 6.07) is 4.18. The Morgan fingerprint density at radius 1 is 1.52 bits per heavy atom. The molecule has 0 aliphatic carbocycles. The normalized spacial score (nSPS) is 21.6. The molecule has 0 spiro atoms. The fourth-order valence-electron chi connectivity index (χ4n) is 2.78. The lowest BCUT2D eigenvalue weighted by Crippen LogP contribution is -2.42. The van der Waals surface area contributed by atoms with E-state index >= 15 is 0 Å². The first-order valence-electron chi connectivity index (χ1n) is 7.44. The zero-order chi connectivity index (χ0) is 15.5. The lowest BCUT2D eigenvalue weighted by molar-refractivity contribution is -0.126. The van der Waals surface area contributed by atoms with Crippen molar-refractivity contribution in [1.29, 1.82) is 0 Å². The van der Waals surface area contributed by atoms with Crippen LogP contribution in [0.5, 0.6) is 5.75 Å². The van der Waals surface area contributed by atoms with Crippen LogP contribution in [0.25, 0.3) is 0 Å². The van der Waals surface area contributed by atoms with Crippen molar-refractivity contribution in [2.24, 2.45) is 11.3 Å². The lowest BCUT2D eigenvalue weighted by Gasteiger charge is -2.31. The average molecular weight is 294 g/mol. The van der Waals surface area contributed by atoms with Gasteiger partial charge in [0.25, 0.3) is 0 Å². The van der Waals surface area contributed by atoms with Gasteiger partial charge in [-0.25, -0.2) is 4.39 Å². The van der Waals surface area contributed by atoms with E-state index < -0.39 is 5.41 Å². The predicted octanol–water partition coefficient (Wildman–Crippen LogP) is 2.80. The molecule has 2 N–H and O–H groups in total. The monoisotopic (exact) mass is 294 g/mol. The Bertz CT molecular complexity index is 511. The van der Waals surface area contributed by atoms with E-state index in [1.165, 1.54) is 12.1 Å². The van der Waals surface area contributed by atoms with Crippen LogP contribution >= 0.6 is 0 Å². The molecule has 1 heterocycles. The van der Waals surface area contributed by atoms with E-state index in [1.807, 2.05) is 6.92 Å². The third kappa shape index (κ3) is 3.18. The number of amides is 1. The fourth-order valence-corrected chi connectivity index (χ4v) is 2.78. The number of ether oxygens (including phenoxy) is 1. The van der Waals surface area contributed by atoms with Gasteiger partial charge in [0, 0.05) is 12.6 Å². The lowest BCUT2D eigenvalue weighted by atomic mass is 9.75. The van der Waals surface area contributed by atoms with Crippen LogP contribution in [-0.2, 0) is 4.79 Å². The van der Waals surface area contributed by atoms with E-state index in [0.29, 0.717) is 24.6 Å². The SMILES string of the molecule is CCOc1cc(F)ccc1NC(=O)C1(C(C)C)CCNC1. The van der Waals surface area contributed by atoms with Gasteiger partial charge < -0.3 is 15.4 Å². The average Bonchev–Trinajstić information content (AvgIpc) is 2.93. The molecule has 1 aliphatic heterocycles. The Morgan fingerprint density at radius 3 is 2.86 bits per heavy atom. The van der Waals surface area contributed by atoms with Gasteiger partial charge in [-0.05, 0) is 37.9 Å². The molecule has 0 bridgehead atoms. The van der Waals surface area contributed by atoms with Crippen molar-refractivity contribution in [2.45, 2.75) is 27.2 Å². The van der Waals surface area contributed by atoms with Crippen molar-refractivity contribution < 1.29 is 13.9 Å². The Hall–Kier alpha value is -1.62. The fraction of sp³-hybridized carbons (Fsp3) is 0.562. The summed E-state index contributed by atoms with van der Waals surface area (Å²) in [7, 11) is 0. The Morgan fingerprint density at radius 2 is 2.29 bits per heavy atom. The Balaban J connectivity index is 2.22. The molecule has 4 nitrogen and oxygen atoms in total. The molecule has 1 aromatic rings. The van der Waals surface area contributed by atoms with Gasteiger partial charge in [0.15, 0.2) is 0 Å². The molecule has 21 heavy (non-hydrogen) atoms. The molecule has 2 rings (SSSR count). The van der Waals surface area contributed by atoms with Gasteiger partial charge in [-0.1, -0.05) is 13.8 Å². The third-order valence-electron chi connectivity index (χ3n) is 4.24. The van der Waals surface area contributed by atoms with E-state index in [2.05, 4.69) is 24.5 Å². The quantitative estimate of drug-likeness (QED) is 0.878. The van der Waals surface area contributed by atoms with Crippen molar-refractivity contribution in [3.8, 4) is 5.75 Å². The maximum absolute atomic E-state index is 13.3. The first-order chi connectivity index (χ1) is 9.99. The molecular weight excluding hydrogens is 271 g/mol. The summed E-state index contributed by atoms with van der Waals surface area (Å²) in [6.07, 6.45) is 0.807. The molecule has 0 saturated carbocycles. The van der Waals surface area contributed by atoms with Crippen LogP contribution in [0.4, 0.5) is 10.1 Å². The molecule has 0 aromatic heterocycles. The predicted molar refractivity (Wildman–Crippen MR) is 81.0 cm³/mol. The first-order valence-corrected chi connectivity index (χ1v) is 7.44. The van der Waals surface area contributed by atoms with Crippen LogP contribution in [0.1, 0.15) is 27.2 Å². The van der Waals surface area contributed by atoms with E-state index in [4.69, 9.17) is 4.74 Å². The van der Waals surface area contributed by atoms with Crippen molar-refractivity contribution in [2.75, 3.05) is 25.0 Å². The van der Waals surface area contributed by atoms with Crippen LogP contribution in [0.15, 0.2) is 18.2 Å². The second-order valence-electron chi connectivity index (χ2n) is 5.77. The number of halogens is 1. The molecule has 1 fully saturated rings. The van der Waals surface area contributed by atoms with Crippen LogP contribution in [-0.4, -0.2) is 25.6 Å². The summed E-state index contributed by atoms with van der Waals surface area (Å²) >= 11 is 0. The first kappa shape index (κ1) is 15.8. The van der Waals surface area contributed by atoms with Gasteiger partial charge in [0.1, 0.15) is 11.6 Å². The van der Waals surface area contributed by atoms with Gasteiger partial charge in [0.2, 0.25) is 5.91 Å². The molecule has 1 aromatic carbocycles. The van der Waals surface area contributed by atoms with E-state index in [0.717, 1.165) is 13.0 Å². The number of rotatable bonds is 5. The van der Waals surface area contributed by atoms with Gasteiger partial charge in [0.05, 0.1) is 17.7 Å². The zero-order valence-corrected chi connectivity index (χ0v) is 12.8. The van der Waals surface area contributed by atoms with E-state index in [9.17, 15) is 9.18 Å². The Labute approximate surface area is 125 Å². The van der Waals surface area contributed by atoms with Gasteiger partial charge >= 0.3 is 0 Å². The summed E-state index contributed by atoms with van der Waals surface area (Å²) in [5, 5.41) is 6.17. The van der Waals surface area contributed by atoms with Crippen molar-refractivity contribution in [1.82, 2.24) is 5.32 Å². The smallest absolute Gasteiger partial charge is 0.232 e. The van der Waals surface area contributed by atoms with Crippen molar-refractivity contribution >= 4 is 11.6 Å². The van der Waals surface area contributed by atoms with Crippen LogP contribution < -0.4 is 15.4 Å². The highest BCUT2D eigenvalue weighted by Crippen LogP contribution is 2.36. The van der Waals surface area contributed by atoms with Crippen LogP contribution in [0.3, 0.4) is 0 Å².